The van der Waals surface area contributed by atoms with Gasteiger partial charge in [0.15, 0.2) is 0 Å². The Morgan fingerprint density at radius 2 is 1.81 bits per heavy atom. The summed E-state index contributed by atoms with van der Waals surface area (Å²) in [6, 6.07) is 6.41. The molecule has 1 saturated heterocycles. The number of ether oxygens (including phenoxy) is 1. The number of fused-ring (bicyclic) bond motifs is 3. The number of hydrogen-bond donors (Lipinski definition) is 0. The molecule has 26 heavy (non-hydrogen) atoms. The third kappa shape index (κ3) is 3.18. The second-order valence-electron chi connectivity index (χ2n) is 7.49. The molecule has 138 valence electrons. The molecule has 0 unspecified atom stereocenters. The highest BCUT2D eigenvalue weighted by Crippen LogP contribution is 2.33. The third-order valence-corrected chi connectivity index (χ3v) is 5.83. The molecular weight excluding hydrogens is 322 g/mol. The van der Waals surface area contributed by atoms with E-state index in [0.717, 1.165) is 36.5 Å². The minimum Gasteiger partial charge on any atom is -0.477 e. The number of para-hydroxylation sites is 1. The second kappa shape index (κ2) is 7.28. The number of rotatable bonds is 5. The first-order valence-corrected chi connectivity index (χ1v) is 9.93. The lowest BCUT2D eigenvalue weighted by Crippen LogP contribution is -2.35. The summed E-state index contributed by atoms with van der Waals surface area (Å²) < 4.78 is 8.53. The maximum atomic E-state index is 6.31. The van der Waals surface area contributed by atoms with Crippen LogP contribution in [0.1, 0.15) is 32.3 Å². The van der Waals surface area contributed by atoms with Gasteiger partial charge in [0.25, 0.3) is 0 Å². The molecule has 1 aliphatic rings. The molecule has 0 amide bonds. The van der Waals surface area contributed by atoms with Crippen LogP contribution in [0.2, 0.25) is 0 Å². The van der Waals surface area contributed by atoms with Crippen molar-refractivity contribution in [3.63, 3.8) is 0 Å². The highest BCUT2D eigenvalue weighted by molar-refractivity contribution is 6.08. The number of hydrogen-bond acceptors (Lipinski definition) is 3. The minimum absolute atomic E-state index is 0.635. The van der Waals surface area contributed by atoms with Gasteiger partial charge in [0.05, 0.1) is 17.5 Å². The van der Waals surface area contributed by atoms with Crippen LogP contribution in [0.4, 0.5) is 0 Å². The molecule has 0 N–H and O–H groups in total. The van der Waals surface area contributed by atoms with Gasteiger partial charge in [-0.25, -0.2) is 4.98 Å². The lowest BCUT2D eigenvalue weighted by Gasteiger charge is -2.30. The van der Waals surface area contributed by atoms with Crippen molar-refractivity contribution in [1.82, 2.24) is 14.5 Å². The Kier molecular flexibility index (Phi) is 4.86. The van der Waals surface area contributed by atoms with Crippen LogP contribution >= 0.6 is 0 Å². The van der Waals surface area contributed by atoms with E-state index in [9.17, 15) is 0 Å². The predicted octanol–water partition coefficient (Wildman–Crippen LogP) is 4.63. The van der Waals surface area contributed by atoms with Crippen LogP contribution in [0.5, 0.6) is 5.88 Å². The van der Waals surface area contributed by atoms with Crippen LogP contribution < -0.4 is 4.74 Å². The zero-order chi connectivity index (χ0) is 18.1. The molecule has 3 aromatic rings. The van der Waals surface area contributed by atoms with Crippen molar-refractivity contribution in [2.45, 2.75) is 40.2 Å². The molecule has 3 heterocycles. The average Bonchev–Trinajstić information content (AvgIpc) is 3.12. The van der Waals surface area contributed by atoms with Crippen molar-refractivity contribution in [2.24, 2.45) is 5.92 Å². The summed E-state index contributed by atoms with van der Waals surface area (Å²) in [4.78, 5) is 7.44. The van der Waals surface area contributed by atoms with Gasteiger partial charge >= 0.3 is 0 Å². The van der Waals surface area contributed by atoms with E-state index in [2.05, 4.69) is 60.8 Å². The molecule has 1 aromatic carbocycles. The Morgan fingerprint density at radius 1 is 1.04 bits per heavy atom. The molecule has 0 atom stereocenters. The molecule has 1 fully saturated rings. The topological polar surface area (TPSA) is 30.3 Å². The third-order valence-electron chi connectivity index (χ3n) is 5.83. The molecule has 2 aromatic heterocycles. The molecular formula is C22H29N3O. The minimum atomic E-state index is 0.635. The predicted molar refractivity (Wildman–Crippen MR) is 108 cm³/mol. The fourth-order valence-corrected chi connectivity index (χ4v) is 4.04. The number of benzene rings is 1. The summed E-state index contributed by atoms with van der Waals surface area (Å²) in [6.45, 7) is 11.8. The average molecular weight is 351 g/mol. The lowest BCUT2D eigenvalue weighted by atomic mass is 9.98. The van der Waals surface area contributed by atoms with E-state index < -0.39 is 0 Å². The Hall–Kier alpha value is -2.07. The van der Waals surface area contributed by atoms with E-state index in [1.165, 1.54) is 42.3 Å². The Morgan fingerprint density at radius 3 is 2.54 bits per heavy atom. The summed E-state index contributed by atoms with van der Waals surface area (Å²) >= 11 is 0. The van der Waals surface area contributed by atoms with Crippen LogP contribution in [0.15, 0.2) is 30.6 Å². The van der Waals surface area contributed by atoms with Crippen molar-refractivity contribution >= 4 is 21.7 Å². The van der Waals surface area contributed by atoms with Crippen LogP contribution in [-0.2, 0) is 6.54 Å². The van der Waals surface area contributed by atoms with E-state index in [-0.39, 0.29) is 0 Å². The van der Waals surface area contributed by atoms with Gasteiger partial charge in [0.1, 0.15) is 0 Å². The highest BCUT2D eigenvalue weighted by atomic mass is 16.5. The van der Waals surface area contributed by atoms with Gasteiger partial charge in [-0.05, 0) is 57.8 Å². The van der Waals surface area contributed by atoms with Crippen molar-refractivity contribution in [3.8, 4) is 5.88 Å². The number of nitrogens with zero attached hydrogens (tertiary/aromatic N) is 3. The first-order chi connectivity index (χ1) is 12.7. The van der Waals surface area contributed by atoms with Gasteiger partial charge in [0, 0.05) is 29.7 Å². The Bertz CT molecular complexity index is 907. The number of aromatic nitrogens is 2. The van der Waals surface area contributed by atoms with Crippen molar-refractivity contribution in [1.29, 1.82) is 0 Å². The summed E-state index contributed by atoms with van der Waals surface area (Å²) in [5, 5.41) is 3.60. The van der Waals surface area contributed by atoms with E-state index in [1.54, 1.807) is 0 Å². The summed E-state index contributed by atoms with van der Waals surface area (Å²) in [5.41, 5.74) is 2.26. The Labute approximate surface area is 155 Å². The first kappa shape index (κ1) is 17.3. The van der Waals surface area contributed by atoms with Gasteiger partial charge in [-0.3, -0.25) is 0 Å². The molecule has 4 nitrogen and oxygen atoms in total. The maximum absolute atomic E-state index is 6.31. The second-order valence-corrected chi connectivity index (χ2v) is 7.49. The van der Waals surface area contributed by atoms with E-state index in [4.69, 9.17) is 9.72 Å². The van der Waals surface area contributed by atoms with Crippen LogP contribution in [0.25, 0.3) is 21.7 Å². The van der Waals surface area contributed by atoms with Gasteiger partial charge in [0.2, 0.25) is 5.88 Å². The number of pyridine rings is 1. The maximum Gasteiger partial charge on any atom is 0.223 e. The summed E-state index contributed by atoms with van der Waals surface area (Å²) in [6.07, 6.45) is 6.85. The largest absolute Gasteiger partial charge is 0.477 e. The molecule has 1 aliphatic heterocycles. The number of aryl methyl sites for hydroxylation is 2. The van der Waals surface area contributed by atoms with Gasteiger partial charge in [-0.2, -0.15) is 0 Å². The molecule has 0 saturated carbocycles. The van der Waals surface area contributed by atoms with Gasteiger partial charge in [-0.15, -0.1) is 0 Å². The molecule has 0 aliphatic carbocycles. The van der Waals surface area contributed by atoms with Crippen LogP contribution in [0, 0.1) is 12.8 Å². The summed E-state index contributed by atoms with van der Waals surface area (Å²) in [7, 11) is 0. The first-order valence-electron chi connectivity index (χ1n) is 9.93. The monoisotopic (exact) mass is 351 g/mol. The smallest absolute Gasteiger partial charge is 0.223 e. The normalized spacial score (nSPS) is 16.6. The fraction of sp³-hybridized carbons (Fsp3) is 0.500. The quantitative estimate of drug-likeness (QED) is 0.671. The van der Waals surface area contributed by atoms with Crippen molar-refractivity contribution in [2.75, 3.05) is 26.2 Å². The van der Waals surface area contributed by atoms with E-state index >= 15 is 0 Å². The highest BCUT2D eigenvalue weighted by Gasteiger charge is 2.20. The van der Waals surface area contributed by atoms with Crippen molar-refractivity contribution < 1.29 is 4.74 Å². The molecule has 4 rings (SSSR count). The van der Waals surface area contributed by atoms with Crippen LogP contribution in [0.3, 0.4) is 0 Å². The van der Waals surface area contributed by atoms with E-state index in [0.29, 0.717) is 5.92 Å². The summed E-state index contributed by atoms with van der Waals surface area (Å²) in [5.74, 6) is 1.43. The van der Waals surface area contributed by atoms with Gasteiger partial charge in [-0.1, -0.05) is 25.1 Å². The zero-order valence-corrected chi connectivity index (χ0v) is 16.2. The van der Waals surface area contributed by atoms with Crippen molar-refractivity contribution in [3.05, 3.63) is 36.2 Å². The molecule has 0 spiro atoms. The molecule has 0 bridgehead atoms. The lowest BCUT2D eigenvalue weighted by molar-refractivity contribution is 0.144. The Balaban J connectivity index is 1.65. The van der Waals surface area contributed by atoms with Crippen LogP contribution in [-0.4, -0.2) is 40.7 Å². The fourth-order valence-electron chi connectivity index (χ4n) is 4.04. The standard InChI is InChI=1S/C22H29N3O/c1-4-24-11-9-17(10-12-24)15-26-22-20-14-25(5-2)13-19(20)18-8-6-7-16(3)21(18)23-22/h6-8,13-14,17H,4-5,9-12,15H2,1-3H3. The molecule has 0 radical (unpaired) electrons. The number of piperidine rings is 1. The SMILES string of the molecule is CCN1CCC(COc2nc3c(C)cccc3c3cn(CC)cc23)CC1. The van der Waals surface area contributed by atoms with Gasteiger partial charge < -0.3 is 14.2 Å². The van der Waals surface area contributed by atoms with E-state index in [1.807, 2.05) is 0 Å². The number of likely N-dealkylation sites (tertiary alicyclic amines) is 1. The zero-order valence-electron chi connectivity index (χ0n) is 16.2. The molecule has 4 heteroatoms.